The fourth-order valence-electron chi connectivity index (χ4n) is 0. The Balaban J connectivity index is -0.0000000369. The molecule has 0 radical (unpaired) electrons. The van der Waals surface area contributed by atoms with Gasteiger partial charge in [0.1, 0.15) is 0 Å². The van der Waals surface area contributed by atoms with Crippen molar-refractivity contribution in [2.45, 2.75) is 0 Å². The van der Waals surface area contributed by atoms with Crippen LogP contribution in [0.25, 0.3) is 0 Å². The van der Waals surface area contributed by atoms with Gasteiger partial charge in [-0.15, -0.1) is 0 Å². The van der Waals surface area contributed by atoms with Crippen LogP contribution in [0.4, 0.5) is 0 Å². The Labute approximate surface area is 107 Å². The summed E-state index contributed by atoms with van der Waals surface area (Å²) in [4.78, 5) is 0. The molecule has 0 saturated heterocycles. The molecule has 0 unspecified atom stereocenters. The van der Waals surface area contributed by atoms with Crippen LogP contribution in [0, 0.1) is 0 Å². The van der Waals surface area contributed by atoms with Crippen LogP contribution in [0.3, 0.4) is 0 Å². The van der Waals surface area contributed by atoms with Crippen molar-refractivity contribution in [1.29, 1.82) is 0 Å². The third kappa shape index (κ3) is 37200. The van der Waals surface area contributed by atoms with Crippen LogP contribution in [0.15, 0.2) is 0 Å². The predicted molar refractivity (Wildman–Crippen MR) is 58.2 cm³/mol. The first-order valence-electron chi connectivity index (χ1n) is 3.10. The fourth-order valence-corrected chi connectivity index (χ4v) is 0. The van der Waals surface area contributed by atoms with Gasteiger partial charge in [-0.3, -0.25) is 0 Å². The normalized spacial score (nSPS) is 6.35. The molecule has 0 aliphatic heterocycles. The van der Waals surface area contributed by atoms with Gasteiger partial charge in [-0.2, -0.15) is 0 Å². The molecule has 0 saturated carbocycles. The maximum absolute atomic E-state index is 7.17. The monoisotopic (exact) mass is 330 g/mol. The molecular formula is H14B4O12Se. The first kappa shape index (κ1) is 30.4. The van der Waals surface area contributed by atoms with E-state index in [9.17, 15) is 0 Å². The molecule has 0 amide bonds. The second kappa shape index (κ2) is 25.2. The summed E-state index contributed by atoms with van der Waals surface area (Å²) in [7, 11) is -8.67. The van der Waals surface area contributed by atoms with Gasteiger partial charge in [-0.05, 0) is 0 Å². The van der Waals surface area contributed by atoms with Crippen molar-refractivity contribution in [3.63, 3.8) is 0 Å². The summed E-state index contributed by atoms with van der Waals surface area (Å²) in [6, 6.07) is 0. The zero-order valence-electron chi connectivity index (χ0n) is 8.18. The van der Waals surface area contributed by atoms with E-state index in [4.69, 9.17) is 60.3 Å². The van der Waals surface area contributed by atoms with Crippen molar-refractivity contribution < 1.29 is 60.3 Å². The Morgan fingerprint density at radius 1 is 0.294 bits per heavy atom. The molecule has 0 bridgehead atoms. The second-order valence-electron chi connectivity index (χ2n) is 1.39. The molecule has 17 heteroatoms. The summed E-state index contributed by atoms with van der Waals surface area (Å²) in [5.74, 6) is 0. The van der Waals surface area contributed by atoms with Crippen molar-refractivity contribution in [3.8, 4) is 0 Å². The summed E-state index contributed by atoms with van der Waals surface area (Å²) in [6.07, 6.45) is 0. The number of hydrogen-bond acceptors (Lipinski definition) is 12. The van der Waals surface area contributed by atoms with Crippen molar-refractivity contribution in [3.05, 3.63) is 0 Å². The van der Waals surface area contributed by atoms with Crippen LogP contribution in [-0.2, 0) is 0 Å². The average Bonchev–Trinajstić information content (AvgIpc) is 1.76. The van der Waals surface area contributed by atoms with Gasteiger partial charge < -0.3 is 60.3 Å². The summed E-state index contributed by atoms with van der Waals surface area (Å²) in [5.41, 5.74) is 0. The second-order valence-corrected chi connectivity index (χ2v) is 1.39. The van der Waals surface area contributed by atoms with E-state index < -0.39 is 29.3 Å². The van der Waals surface area contributed by atoms with Gasteiger partial charge in [0.2, 0.25) is 0 Å². The SMILES string of the molecule is OB(O)O.OB(O)O.OB(O)O.OB(O)O.[SeH2]. The fraction of sp³-hybridized carbons (Fsp3) is 0. The molecule has 0 spiro atoms. The first-order valence-corrected chi connectivity index (χ1v) is 3.10. The molecule has 12 nitrogen and oxygen atoms in total. The maximum atomic E-state index is 7.17. The average molecular weight is 328 g/mol. The van der Waals surface area contributed by atoms with Crippen molar-refractivity contribution >= 4 is 46.4 Å². The van der Waals surface area contributed by atoms with Gasteiger partial charge in [0, 0.05) is 0 Å². The van der Waals surface area contributed by atoms with Crippen LogP contribution in [-0.4, -0.2) is 107 Å². The summed E-state index contributed by atoms with van der Waals surface area (Å²) in [6.45, 7) is 0. The van der Waals surface area contributed by atoms with E-state index in [1.54, 1.807) is 0 Å². The molecule has 12 N–H and O–H groups in total. The standard InChI is InChI=1S/4BH3O3.H2Se/c4*2-1(3)4;/h4*2-4H;1H2. The minimum atomic E-state index is -2.17. The Kier molecular flexibility index (Phi) is 45.1. The molecular weight excluding hydrogens is 314 g/mol. The van der Waals surface area contributed by atoms with E-state index >= 15 is 0 Å². The van der Waals surface area contributed by atoms with E-state index in [0.717, 1.165) is 0 Å². The quantitative estimate of drug-likeness (QED) is 0.185. The molecule has 0 heterocycles. The molecule has 0 rings (SSSR count). The molecule has 0 aromatic carbocycles. The third-order valence-corrected chi connectivity index (χ3v) is 0. The first-order chi connectivity index (χ1) is 6.93. The van der Waals surface area contributed by atoms with Gasteiger partial charge >= 0.3 is 46.4 Å². The molecule has 0 aromatic heterocycles. The minimum absolute atomic E-state index is 0. The Hall–Kier alpha value is 0.299. The number of hydrogen-bond donors (Lipinski definition) is 12. The van der Waals surface area contributed by atoms with Crippen LogP contribution in [0.5, 0.6) is 0 Å². The molecule has 17 heavy (non-hydrogen) atoms. The zero-order chi connectivity index (χ0) is 14.3. The van der Waals surface area contributed by atoms with Crippen LogP contribution >= 0.6 is 0 Å². The topological polar surface area (TPSA) is 243 Å². The zero-order valence-corrected chi connectivity index (χ0v) is 10.3. The van der Waals surface area contributed by atoms with E-state index in [1.807, 2.05) is 0 Å². The summed E-state index contributed by atoms with van der Waals surface area (Å²) in [5, 5.41) is 86.0. The summed E-state index contributed by atoms with van der Waals surface area (Å²) < 4.78 is 0. The van der Waals surface area contributed by atoms with Gasteiger partial charge in [-0.1, -0.05) is 0 Å². The van der Waals surface area contributed by atoms with Crippen LogP contribution in [0.1, 0.15) is 0 Å². The third-order valence-electron chi connectivity index (χ3n) is 0. The molecule has 0 aliphatic rings. The summed E-state index contributed by atoms with van der Waals surface area (Å²) >= 11 is 0. The Morgan fingerprint density at radius 3 is 0.294 bits per heavy atom. The molecule has 0 atom stereocenters. The van der Waals surface area contributed by atoms with Crippen molar-refractivity contribution in [2.24, 2.45) is 0 Å². The van der Waals surface area contributed by atoms with E-state index in [-0.39, 0.29) is 17.1 Å². The van der Waals surface area contributed by atoms with Crippen LogP contribution in [0.2, 0.25) is 0 Å². The van der Waals surface area contributed by atoms with Gasteiger partial charge in [-0.25, -0.2) is 0 Å². The predicted octanol–water partition coefficient (Wildman–Crippen LogP) is -9.12. The molecule has 0 fully saturated rings. The molecule has 104 valence electrons. The van der Waals surface area contributed by atoms with Crippen LogP contribution < -0.4 is 0 Å². The van der Waals surface area contributed by atoms with E-state index in [1.165, 1.54) is 0 Å². The van der Waals surface area contributed by atoms with Gasteiger partial charge in [0.25, 0.3) is 0 Å². The van der Waals surface area contributed by atoms with Gasteiger partial charge in [0.15, 0.2) is 0 Å². The Bertz CT molecular complexity index is 61.5. The van der Waals surface area contributed by atoms with E-state index in [0.29, 0.717) is 0 Å². The van der Waals surface area contributed by atoms with Crippen molar-refractivity contribution in [2.75, 3.05) is 0 Å². The molecule has 0 aromatic rings. The van der Waals surface area contributed by atoms with Gasteiger partial charge in [0.05, 0.1) is 0 Å². The number of rotatable bonds is 0. The van der Waals surface area contributed by atoms with E-state index in [2.05, 4.69) is 0 Å². The molecule has 0 aliphatic carbocycles. The Morgan fingerprint density at radius 2 is 0.294 bits per heavy atom. The van der Waals surface area contributed by atoms with Crippen molar-refractivity contribution in [1.82, 2.24) is 0 Å².